The minimum atomic E-state index is -4.39. The van der Waals surface area contributed by atoms with Crippen LogP contribution in [-0.2, 0) is 42.8 Å². The van der Waals surface area contributed by atoms with E-state index in [1.54, 1.807) is 53.7 Å². The molecule has 0 aromatic heterocycles. The maximum absolute atomic E-state index is 12.7. The third-order valence-corrected chi connectivity index (χ3v) is 5.82. The third kappa shape index (κ3) is 5.08. The number of cyclic esters (lactones) is 1. The molecule has 0 amide bonds. The van der Waals surface area contributed by atoms with Crippen molar-refractivity contribution in [3.05, 3.63) is 41.3 Å². The fraction of sp³-hybridized carbons (Fsp3) is 0.524. The van der Waals surface area contributed by atoms with Crippen LogP contribution < -0.4 is 0 Å². The van der Waals surface area contributed by atoms with E-state index >= 15 is 0 Å². The van der Waals surface area contributed by atoms with Crippen LogP contribution in [0.3, 0.4) is 0 Å². The first-order valence-corrected chi connectivity index (χ1v) is 11.1. The summed E-state index contributed by atoms with van der Waals surface area (Å²) in [5.74, 6) is -3.79. The van der Waals surface area contributed by atoms with Crippen LogP contribution in [0.2, 0.25) is 0 Å². The Morgan fingerprint density at radius 2 is 1.77 bits per heavy atom. The standard InChI is InChI=1S/C21H26O9S/c1-12-7-9-13(10-8-12)31(24,25)30-17-16(28-19(23)20(2,3)4)15(27-18(17)22)14-11-26-21(5,6)29-14/h7-10,14-15H,11H2,1-6H3/t14-,15+/m0/s1. The molecule has 170 valence electrons. The molecule has 2 aliphatic rings. The van der Waals surface area contributed by atoms with E-state index in [-0.39, 0.29) is 17.3 Å². The molecule has 0 aliphatic carbocycles. The summed E-state index contributed by atoms with van der Waals surface area (Å²) in [6.45, 7) is 10.0. The molecule has 9 nitrogen and oxygen atoms in total. The summed E-state index contributed by atoms with van der Waals surface area (Å²) in [5.41, 5.74) is -0.0875. The van der Waals surface area contributed by atoms with Crippen LogP contribution in [0.25, 0.3) is 0 Å². The van der Waals surface area contributed by atoms with Gasteiger partial charge in [-0.3, -0.25) is 4.79 Å². The summed E-state index contributed by atoms with van der Waals surface area (Å²) in [7, 11) is -4.39. The minimum absolute atomic E-state index is 0.0412. The van der Waals surface area contributed by atoms with Crippen molar-refractivity contribution in [3.63, 3.8) is 0 Å². The van der Waals surface area contributed by atoms with Crippen LogP contribution in [-0.4, -0.2) is 45.0 Å². The van der Waals surface area contributed by atoms with Crippen molar-refractivity contribution in [2.75, 3.05) is 6.61 Å². The second kappa shape index (κ2) is 7.92. The average molecular weight is 454 g/mol. The van der Waals surface area contributed by atoms with Crippen molar-refractivity contribution >= 4 is 22.1 Å². The van der Waals surface area contributed by atoms with Gasteiger partial charge in [-0.15, -0.1) is 0 Å². The summed E-state index contributed by atoms with van der Waals surface area (Å²) in [5, 5.41) is 0. The first-order chi connectivity index (χ1) is 14.2. The van der Waals surface area contributed by atoms with Gasteiger partial charge in [-0.2, -0.15) is 8.42 Å². The lowest BCUT2D eigenvalue weighted by atomic mass is 9.97. The molecule has 0 bridgehead atoms. The number of esters is 2. The molecule has 0 spiro atoms. The van der Waals surface area contributed by atoms with E-state index in [1.165, 1.54) is 12.1 Å². The van der Waals surface area contributed by atoms with E-state index in [0.717, 1.165) is 5.56 Å². The number of aryl methyl sites for hydroxylation is 1. The van der Waals surface area contributed by atoms with Crippen LogP contribution >= 0.6 is 0 Å². The third-order valence-electron chi connectivity index (χ3n) is 4.59. The SMILES string of the molecule is Cc1ccc(S(=O)(=O)OC2=C(OC(=O)C(C)(C)C)[C@@H]([C@@H]3COC(C)(C)O3)OC2=O)cc1. The number of hydrogen-bond donors (Lipinski definition) is 0. The van der Waals surface area contributed by atoms with Crippen molar-refractivity contribution < 1.29 is 41.1 Å². The number of carbonyl (C=O) groups is 2. The van der Waals surface area contributed by atoms with Crippen LogP contribution in [0.4, 0.5) is 0 Å². The van der Waals surface area contributed by atoms with Crippen LogP contribution in [0.5, 0.6) is 0 Å². The minimum Gasteiger partial charge on any atom is -0.445 e. The summed E-state index contributed by atoms with van der Waals surface area (Å²) in [6.07, 6.45) is -2.02. The zero-order chi connectivity index (χ0) is 23.2. The second-order valence-electron chi connectivity index (χ2n) is 8.88. The monoisotopic (exact) mass is 454 g/mol. The van der Waals surface area contributed by atoms with Crippen LogP contribution in [0, 0.1) is 12.3 Å². The maximum Gasteiger partial charge on any atom is 0.380 e. The molecule has 0 saturated carbocycles. The molecule has 3 rings (SSSR count). The summed E-state index contributed by atoms with van der Waals surface area (Å²) in [4.78, 5) is 24.9. The van der Waals surface area contributed by atoms with Gasteiger partial charge in [-0.05, 0) is 53.7 Å². The van der Waals surface area contributed by atoms with Gasteiger partial charge in [0.1, 0.15) is 11.0 Å². The Labute approximate surface area is 181 Å². The molecule has 10 heteroatoms. The topological polar surface area (TPSA) is 114 Å². The van der Waals surface area contributed by atoms with E-state index in [9.17, 15) is 18.0 Å². The Morgan fingerprint density at radius 3 is 2.29 bits per heavy atom. The maximum atomic E-state index is 12.7. The fourth-order valence-electron chi connectivity index (χ4n) is 2.86. The molecule has 1 aromatic carbocycles. The quantitative estimate of drug-likeness (QED) is 0.489. The molecule has 31 heavy (non-hydrogen) atoms. The highest BCUT2D eigenvalue weighted by Crippen LogP contribution is 2.36. The normalized spacial score (nSPS) is 23.6. The molecule has 0 N–H and O–H groups in total. The molecule has 2 heterocycles. The number of carbonyl (C=O) groups excluding carboxylic acids is 2. The first-order valence-electron chi connectivity index (χ1n) is 9.70. The highest BCUT2D eigenvalue weighted by atomic mass is 32.2. The van der Waals surface area contributed by atoms with Gasteiger partial charge in [0.05, 0.1) is 12.0 Å². The average Bonchev–Trinajstić information content (AvgIpc) is 3.15. The van der Waals surface area contributed by atoms with Gasteiger partial charge in [-0.1, -0.05) is 17.7 Å². The van der Waals surface area contributed by atoms with Gasteiger partial charge in [-0.25, -0.2) is 4.79 Å². The van der Waals surface area contributed by atoms with Crippen molar-refractivity contribution in [1.82, 2.24) is 0 Å². The van der Waals surface area contributed by atoms with E-state index < -0.39 is 51.2 Å². The van der Waals surface area contributed by atoms with Gasteiger partial charge >= 0.3 is 22.1 Å². The summed E-state index contributed by atoms with van der Waals surface area (Å²) >= 11 is 0. The van der Waals surface area contributed by atoms with E-state index in [2.05, 4.69) is 0 Å². The molecule has 2 aliphatic heterocycles. The zero-order valence-corrected chi connectivity index (χ0v) is 19.1. The van der Waals surface area contributed by atoms with Crippen LogP contribution in [0.1, 0.15) is 40.2 Å². The number of ether oxygens (including phenoxy) is 4. The van der Waals surface area contributed by atoms with E-state index in [0.29, 0.717) is 0 Å². The molecule has 0 radical (unpaired) electrons. The fourth-order valence-corrected chi connectivity index (χ4v) is 3.79. The Bertz CT molecular complexity index is 1010. The van der Waals surface area contributed by atoms with Gasteiger partial charge in [0.25, 0.3) is 5.76 Å². The van der Waals surface area contributed by atoms with E-state index in [4.69, 9.17) is 23.1 Å². The largest absolute Gasteiger partial charge is 0.445 e. The highest BCUT2D eigenvalue weighted by molar-refractivity contribution is 7.86. The van der Waals surface area contributed by atoms with Gasteiger partial charge < -0.3 is 23.1 Å². The zero-order valence-electron chi connectivity index (χ0n) is 18.3. The molecule has 1 fully saturated rings. The van der Waals surface area contributed by atoms with Gasteiger partial charge in [0.2, 0.25) is 5.76 Å². The number of benzene rings is 1. The van der Waals surface area contributed by atoms with Crippen molar-refractivity contribution in [1.29, 1.82) is 0 Å². The van der Waals surface area contributed by atoms with Crippen molar-refractivity contribution in [2.24, 2.45) is 5.41 Å². The summed E-state index contributed by atoms with van der Waals surface area (Å²) < 4.78 is 52.5. The van der Waals surface area contributed by atoms with Crippen LogP contribution in [0.15, 0.2) is 40.7 Å². The Kier molecular flexibility index (Phi) is 5.94. The predicted octanol–water partition coefficient (Wildman–Crippen LogP) is 2.58. The van der Waals surface area contributed by atoms with Crippen molar-refractivity contribution in [3.8, 4) is 0 Å². The molecular weight excluding hydrogens is 428 g/mol. The van der Waals surface area contributed by atoms with Gasteiger partial charge in [0.15, 0.2) is 11.9 Å². The Morgan fingerprint density at radius 1 is 1.16 bits per heavy atom. The van der Waals surface area contributed by atoms with Gasteiger partial charge in [0, 0.05) is 0 Å². The van der Waals surface area contributed by atoms with E-state index in [1.807, 2.05) is 0 Å². The Balaban J connectivity index is 1.99. The lowest BCUT2D eigenvalue weighted by Gasteiger charge is -2.23. The number of hydrogen-bond acceptors (Lipinski definition) is 9. The second-order valence-corrected chi connectivity index (χ2v) is 10.4. The lowest BCUT2D eigenvalue weighted by molar-refractivity contribution is -0.166. The molecular formula is C21H26O9S. The highest BCUT2D eigenvalue weighted by Gasteiger charge is 2.50. The molecule has 0 unspecified atom stereocenters. The number of rotatable bonds is 5. The van der Waals surface area contributed by atoms with Crippen molar-refractivity contribution in [2.45, 2.75) is 64.4 Å². The predicted molar refractivity (Wildman–Crippen MR) is 107 cm³/mol. The molecule has 1 aromatic rings. The molecule has 2 atom stereocenters. The Hall–Kier alpha value is -2.43. The first kappa shape index (κ1) is 23.2. The lowest BCUT2D eigenvalue weighted by Crippen LogP contribution is -2.35. The molecule has 1 saturated heterocycles. The smallest absolute Gasteiger partial charge is 0.380 e. The summed E-state index contributed by atoms with van der Waals surface area (Å²) in [6, 6.07) is 5.88.